The summed E-state index contributed by atoms with van der Waals surface area (Å²) in [4.78, 5) is 25.4. The van der Waals surface area contributed by atoms with E-state index in [-0.39, 0.29) is 16.8 Å². The molecule has 0 radical (unpaired) electrons. The third-order valence-electron chi connectivity index (χ3n) is 3.24. The summed E-state index contributed by atoms with van der Waals surface area (Å²) in [5.74, 6) is -0.545. The molecule has 7 heteroatoms. The minimum atomic E-state index is -0.339. The number of hydrogen-bond acceptors (Lipinski definition) is 2. The lowest BCUT2D eigenvalue weighted by molar-refractivity contribution is -0.111. The van der Waals surface area contributed by atoms with Gasteiger partial charge in [-0.3, -0.25) is 9.59 Å². The number of rotatable bonds is 4. The summed E-state index contributed by atoms with van der Waals surface area (Å²) in [5, 5.41) is 3.81. The third-order valence-corrected chi connectivity index (χ3v) is 4.30. The quantitative estimate of drug-likeness (QED) is 0.738. The first-order valence-corrected chi connectivity index (χ1v) is 8.36. The first-order valence-electron chi connectivity index (χ1n) is 7.23. The van der Waals surface area contributed by atoms with Crippen molar-refractivity contribution in [3.05, 3.63) is 68.7 Å². The molecule has 4 nitrogen and oxygen atoms in total. The third kappa shape index (κ3) is 5.23. The zero-order valence-electron chi connectivity index (χ0n) is 13.5. The van der Waals surface area contributed by atoms with Crippen LogP contribution in [0, 0.1) is 0 Å². The molecule has 0 heterocycles. The molecule has 0 aliphatic rings. The van der Waals surface area contributed by atoms with Gasteiger partial charge in [0, 0.05) is 25.9 Å². The van der Waals surface area contributed by atoms with E-state index in [4.69, 9.17) is 34.8 Å². The Morgan fingerprint density at radius 2 is 1.68 bits per heavy atom. The van der Waals surface area contributed by atoms with Crippen molar-refractivity contribution >= 4 is 58.4 Å². The van der Waals surface area contributed by atoms with E-state index in [1.54, 1.807) is 50.5 Å². The summed E-state index contributed by atoms with van der Waals surface area (Å²) in [7, 11) is 3.28. The molecule has 0 fully saturated rings. The van der Waals surface area contributed by atoms with Gasteiger partial charge in [-0.1, -0.05) is 40.9 Å². The number of carbonyl (C=O) groups excluding carboxylic acids is 2. The van der Waals surface area contributed by atoms with Gasteiger partial charge in [-0.2, -0.15) is 0 Å². The van der Waals surface area contributed by atoms with E-state index in [1.807, 2.05) is 0 Å². The summed E-state index contributed by atoms with van der Waals surface area (Å²) >= 11 is 17.9. The van der Waals surface area contributed by atoms with Gasteiger partial charge in [0.15, 0.2) is 0 Å². The molecule has 2 rings (SSSR count). The topological polar surface area (TPSA) is 49.4 Å². The molecular weight excluding hydrogens is 383 g/mol. The first-order chi connectivity index (χ1) is 11.8. The Bertz CT molecular complexity index is 848. The molecule has 0 aromatic heterocycles. The van der Waals surface area contributed by atoms with E-state index < -0.39 is 0 Å². The van der Waals surface area contributed by atoms with E-state index in [0.29, 0.717) is 21.3 Å². The second-order valence-electron chi connectivity index (χ2n) is 5.39. The van der Waals surface area contributed by atoms with Gasteiger partial charge in [0.05, 0.1) is 20.6 Å². The summed E-state index contributed by atoms with van der Waals surface area (Å²) in [6.45, 7) is 0. The van der Waals surface area contributed by atoms with Gasteiger partial charge in [0.1, 0.15) is 0 Å². The van der Waals surface area contributed by atoms with Crippen LogP contribution in [0.4, 0.5) is 5.69 Å². The summed E-state index contributed by atoms with van der Waals surface area (Å²) in [6, 6.07) is 9.78. The molecule has 2 aromatic carbocycles. The molecule has 25 heavy (non-hydrogen) atoms. The van der Waals surface area contributed by atoms with E-state index >= 15 is 0 Å². The number of anilines is 1. The van der Waals surface area contributed by atoms with Crippen LogP contribution in [0.5, 0.6) is 0 Å². The van der Waals surface area contributed by atoms with Gasteiger partial charge < -0.3 is 10.2 Å². The highest BCUT2D eigenvalue weighted by atomic mass is 35.5. The molecule has 0 aliphatic heterocycles. The molecular formula is C18H15Cl3N2O2. The number of hydrogen-bond donors (Lipinski definition) is 1. The first kappa shape index (κ1) is 19.3. The smallest absolute Gasteiger partial charge is 0.254 e. The second-order valence-corrected chi connectivity index (χ2v) is 6.61. The number of amides is 2. The molecule has 2 amide bonds. The highest BCUT2D eigenvalue weighted by Crippen LogP contribution is 2.24. The Balaban J connectivity index is 2.07. The molecule has 1 N–H and O–H groups in total. The number of nitrogens with one attached hydrogen (secondary N) is 1. The van der Waals surface area contributed by atoms with Crippen LogP contribution in [-0.4, -0.2) is 30.8 Å². The van der Waals surface area contributed by atoms with Crippen molar-refractivity contribution in [3.63, 3.8) is 0 Å². The summed E-state index contributed by atoms with van der Waals surface area (Å²) in [6.07, 6.45) is 2.98. The fraction of sp³-hybridized carbons (Fsp3) is 0.111. The second kappa shape index (κ2) is 8.39. The molecule has 0 saturated heterocycles. The molecule has 130 valence electrons. The molecule has 2 aromatic rings. The van der Waals surface area contributed by atoms with Crippen LogP contribution in [0.25, 0.3) is 6.08 Å². The number of carbonyl (C=O) groups is 2. The molecule has 0 atom stereocenters. The lowest BCUT2D eigenvalue weighted by Gasteiger charge is -2.12. The van der Waals surface area contributed by atoms with Crippen LogP contribution < -0.4 is 5.32 Å². The lowest BCUT2D eigenvalue weighted by Crippen LogP contribution is -2.22. The van der Waals surface area contributed by atoms with Gasteiger partial charge in [0.2, 0.25) is 5.91 Å². The Labute approximate surface area is 161 Å². The Morgan fingerprint density at radius 1 is 0.960 bits per heavy atom. The maximum atomic E-state index is 12.0. The van der Waals surface area contributed by atoms with Crippen LogP contribution in [0.2, 0.25) is 15.1 Å². The van der Waals surface area contributed by atoms with Crippen molar-refractivity contribution in [3.8, 4) is 0 Å². The van der Waals surface area contributed by atoms with E-state index in [2.05, 4.69) is 5.32 Å². The molecule has 0 unspecified atom stereocenters. The zero-order valence-corrected chi connectivity index (χ0v) is 15.8. The van der Waals surface area contributed by atoms with Crippen molar-refractivity contribution in [1.82, 2.24) is 4.90 Å². The van der Waals surface area contributed by atoms with Gasteiger partial charge >= 0.3 is 0 Å². The van der Waals surface area contributed by atoms with Crippen LogP contribution in [0.3, 0.4) is 0 Å². The van der Waals surface area contributed by atoms with Crippen molar-refractivity contribution < 1.29 is 9.59 Å². The number of benzene rings is 2. The minimum absolute atomic E-state index is 0.206. The van der Waals surface area contributed by atoms with E-state index in [9.17, 15) is 9.59 Å². The Kier molecular flexibility index (Phi) is 6.48. The highest BCUT2D eigenvalue weighted by molar-refractivity contribution is 6.42. The van der Waals surface area contributed by atoms with E-state index in [1.165, 1.54) is 17.0 Å². The average molecular weight is 398 g/mol. The summed E-state index contributed by atoms with van der Waals surface area (Å²) < 4.78 is 0. The Morgan fingerprint density at radius 3 is 2.28 bits per heavy atom. The van der Waals surface area contributed by atoms with Crippen LogP contribution in [0.1, 0.15) is 15.9 Å². The Hall–Kier alpha value is -2.01. The van der Waals surface area contributed by atoms with Crippen molar-refractivity contribution in [2.24, 2.45) is 0 Å². The maximum Gasteiger partial charge on any atom is 0.254 e. The van der Waals surface area contributed by atoms with E-state index in [0.717, 1.165) is 5.56 Å². The van der Waals surface area contributed by atoms with Crippen molar-refractivity contribution in [2.75, 3.05) is 19.4 Å². The minimum Gasteiger partial charge on any atom is -0.345 e. The molecule has 0 spiro atoms. The standard InChI is InChI=1S/C18H15Cl3N2O2/c1-23(2)18(25)13-6-5-12(10-15(13)20)22-17(24)8-4-11-3-7-14(19)16(21)9-11/h3-10H,1-2H3,(H,22,24)/b8-4+. The normalized spacial score (nSPS) is 10.8. The number of nitrogens with zero attached hydrogens (tertiary/aromatic N) is 1. The van der Waals surface area contributed by atoms with Gasteiger partial charge in [-0.15, -0.1) is 0 Å². The van der Waals surface area contributed by atoms with Gasteiger partial charge in [0.25, 0.3) is 5.91 Å². The highest BCUT2D eigenvalue weighted by Gasteiger charge is 2.13. The van der Waals surface area contributed by atoms with Crippen LogP contribution in [0.15, 0.2) is 42.5 Å². The predicted octanol–water partition coefficient (Wildman–Crippen LogP) is 5.00. The fourth-order valence-electron chi connectivity index (χ4n) is 1.98. The van der Waals surface area contributed by atoms with Crippen molar-refractivity contribution in [2.45, 2.75) is 0 Å². The average Bonchev–Trinajstić information content (AvgIpc) is 2.55. The van der Waals surface area contributed by atoms with Gasteiger partial charge in [-0.25, -0.2) is 0 Å². The van der Waals surface area contributed by atoms with Crippen molar-refractivity contribution in [1.29, 1.82) is 0 Å². The largest absolute Gasteiger partial charge is 0.345 e. The zero-order chi connectivity index (χ0) is 18.6. The summed E-state index contributed by atoms with van der Waals surface area (Å²) in [5.41, 5.74) is 1.61. The van der Waals surface area contributed by atoms with Gasteiger partial charge in [-0.05, 0) is 42.0 Å². The maximum absolute atomic E-state index is 12.0. The number of halogens is 3. The molecule has 0 bridgehead atoms. The van der Waals surface area contributed by atoms with Crippen LogP contribution >= 0.6 is 34.8 Å². The molecule has 0 aliphatic carbocycles. The SMILES string of the molecule is CN(C)C(=O)c1ccc(NC(=O)/C=C/c2ccc(Cl)c(Cl)c2)cc1Cl. The lowest BCUT2D eigenvalue weighted by atomic mass is 10.1. The monoisotopic (exact) mass is 396 g/mol. The van der Waals surface area contributed by atoms with Crippen LogP contribution in [-0.2, 0) is 4.79 Å². The molecule has 0 saturated carbocycles. The predicted molar refractivity (Wildman–Crippen MR) is 104 cm³/mol. The fourth-order valence-corrected chi connectivity index (χ4v) is 2.55.